The topological polar surface area (TPSA) is 49.5 Å². The highest BCUT2D eigenvalue weighted by atomic mass is 16.2. The van der Waals surface area contributed by atoms with Gasteiger partial charge in [0.05, 0.1) is 0 Å². The van der Waals surface area contributed by atoms with E-state index in [2.05, 4.69) is 23.1 Å². The maximum absolute atomic E-state index is 8.80. The van der Waals surface area contributed by atoms with Crippen molar-refractivity contribution in [2.24, 2.45) is 5.73 Å². The molecule has 0 aromatic heterocycles. The molecule has 0 aliphatic carbocycles. The molecule has 0 saturated heterocycles. The SMILES string of the molecule is CC(N)c1ccc2c(c1)CCN2CCCCO. The van der Waals surface area contributed by atoms with E-state index in [0.29, 0.717) is 6.61 Å². The summed E-state index contributed by atoms with van der Waals surface area (Å²) in [6.07, 6.45) is 3.07. The molecule has 17 heavy (non-hydrogen) atoms. The highest BCUT2D eigenvalue weighted by Crippen LogP contribution is 2.30. The van der Waals surface area contributed by atoms with Gasteiger partial charge < -0.3 is 15.7 Å². The molecule has 0 fully saturated rings. The molecule has 3 heteroatoms. The minimum atomic E-state index is 0.115. The van der Waals surface area contributed by atoms with Crippen molar-refractivity contribution in [1.29, 1.82) is 0 Å². The fraction of sp³-hybridized carbons (Fsp3) is 0.571. The molecule has 0 bridgehead atoms. The molecule has 1 aliphatic heterocycles. The average Bonchev–Trinajstić information content (AvgIpc) is 2.72. The first-order valence-corrected chi connectivity index (χ1v) is 6.46. The predicted molar refractivity (Wildman–Crippen MR) is 71.3 cm³/mol. The van der Waals surface area contributed by atoms with Crippen LogP contribution in [0.15, 0.2) is 18.2 Å². The molecule has 1 unspecified atom stereocenters. The Morgan fingerprint density at radius 3 is 2.94 bits per heavy atom. The zero-order chi connectivity index (χ0) is 12.3. The largest absolute Gasteiger partial charge is 0.396 e. The summed E-state index contributed by atoms with van der Waals surface area (Å²) in [6, 6.07) is 6.68. The van der Waals surface area contributed by atoms with Crippen LogP contribution in [0.4, 0.5) is 5.69 Å². The standard InChI is InChI=1S/C14H22N2O/c1-11(15)12-4-5-14-13(10-12)6-8-16(14)7-2-3-9-17/h4-5,10-11,17H,2-3,6-9,15H2,1H3. The van der Waals surface area contributed by atoms with Gasteiger partial charge in [-0.25, -0.2) is 0 Å². The minimum absolute atomic E-state index is 0.115. The van der Waals surface area contributed by atoms with Crippen molar-refractivity contribution in [2.75, 3.05) is 24.6 Å². The second-order valence-electron chi connectivity index (χ2n) is 4.84. The number of hydrogen-bond acceptors (Lipinski definition) is 3. The first-order valence-electron chi connectivity index (χ1n) is 6.46. The molecular formula is C14H22N2O. The van der Waals surface area contributed by atoms with Crippen LogP contribution >= 0.6 is 0 Å². The Labute approximate surface area is 103 Å². The van der Waals surface area contributed by atoms with Crippen LogP contribution in [-0.4, -0.2) is 24.8 Å². The van der Waals surface area contributed by atoms with Crippen molar-refractivity contribution in [3.05, 3.63) is 29.3 Å². The molecule has 1 heterocycles. The summed E-state index contributed by atoms with van der Waals surface area (Å²) in [4.78, 5) is 2.41. The molecule has 1 aromatic rings. The first-order chi connectivity index (χ1) is 8.22. The van der Waals surface area contributed by atoms with Gasteiger partial charge in [0.2, 0.25) is 0 Å². The monoisotopic (exact) mass is 234 g/mol. The van der Waals surface area contributed by atoms with Crippen LogP contribution in [0.1, 0.15) is 36.9 Å². The van der Waals surface area contributed by atoms with Gasteiger partial charge in [-0.1, -0.05) is 12.1 Å². The number of rotatable bonds is 5. The van der Waals surface area contributed by atoms with Crippen LogP contribution < -0.4 is 10.6 Å². The Balaban J connectivity index is 2.05. The van der Waals surface area contributed by atoms with Crippen molar-refractivity contribution in [3.8, 4) is 0 Å². The number of hydrogen-bond donors (Lipinski definition) is 2. The molecule has 3 N–H and O–H groups in total. The summed E-state index contributed by atoms with van der Waals surface area (Å²) < 4.78 is 0. The van der Waals surface area contributed by atoms with E-state index in [1.54, 1.807) is 0 Å². The van der Waals surface area contributed by atoms with Crippen molar-refractivity contribution in [1.82, 2.24) is 0 Å². The number of unbranched alkanes of at least 4 members (excludes halogenated alkanes) is 1. The molecule has 0 amide bonds. The lowest BCUT2D eigenvalue weighted by Gasteiger charge is -2.19. The summed E-state index contributed by atoms with van der Waals surface area (Å²) in [5.41, 5.74) is 9.90. The Hall–Kier alpha value is -1.06. The van der Waals surface area contributed by atoms with Crippen LogP contribution in [-0.2, 0) is 6.42 Å². The summed E-state index contributed by atoms with van der Waals surface area (Å²) >= 11 is 0. The van der Waals surface area contributed by atoms with Gasteiger partial charge in [0.1, 0.15) is 0 Å². The van der Waals surface area contributed by atoms with E-state index in [9.17, 15) is 0 Å². The van der Waals surface area contributed by atoms with Crippen LogP contribution in [0.2, 0.25) is 0 Å². The second-order valence-corrected chi connectivity index (χ2v) is 4.84. The Bertz CT molecular complexity index is 376. The average molecular weight is 234 g/mol. The smallest absolute Gasteiger partial charge is 0.0431 e. The lowest BCUT2D eigenvalue weighted by atomic mass is 10.0. The third-order valence-corrected chi connectivity index (χ3v) is 3.46. The molecule has 0 radical (unpaired) electrons. The normalized spacial score (nSPS) is 16.1. The summed E-state index contributed by atoms with van der Waals surface area (Å²) in [7, 11) is 0. The van der Waals surface area contributed by atoms with Gasteiger partial charge in [-0.2, -0.15) is 0 Å². The molecule has 0 saturated carbocycles. The van der Waals surface area contributed by atoms with Crippen molar-refractivity contribution >= 4 is 5.69 Å². The van der Waals surface area contributed by atoms with Gasteiger partial charge in [-0.05, 0) is 43.4 Å². The van der Waals surface area contributed by atoms with Crippen LogP contribution in [0, 0.1) is 0 Å². The lowest BCUT2D eigenvalue weighted by Crippen LogP contribution is -2.21. The highest BCUT2D eigenvalue weighted by molar-refractivity contribution is 5.59. The summed E-state index contributed by atoms with van der Waals surface area (Å²) in [5.74, 6) is 0. The van der Waals surface area contributed by atoms with Gasteiger partial charge >= 0.3 is 0 Å². The van der Waals surface area contributed by atoms with E-state index in [0.717, 1.165) is 32.4 Å². The molecule has 94 valence electrons. The maximum Gasteiger partial charge on any atom is 0.0431 e. The molecular weight excluding hydrogens is 212 g/mol. The van der Waals surface area contributed by atoms with Crippen molar-refractivity contribution in [3.63, 3.8) is 0 Å². The van der Waals surface area contributed by atoms with E-state index in [-0.39, 0.29) is 6.04 Å². The van der Waals surface area contributed by atoms with E-state index >= 15 is 0 Å². The van der Waals surface area contributed by atoms with E-state index in [1.165, 1.54) is 16.8 Å². The fourth-order valence-corrected chi connectivity index (χ4v) is 2.42. The number of benzene rings is 1. The molecule has 1 aromatic carbocycles. The third-order valence-electron chi connectivity index (χ3n) is 3.46. The Morgan fingerprint density at radius 1 is 1.41 bits per heavy atom. The lowest BCUT2D eigenvalue weighted by molar-refractivity contribution is 0.285. The molecule has 1 aliphatic rings. The van der Waals surface area contributed by atoms with Crippen LogP contribution in [0.5, 0.6) is 0 Å². The molecule has 1 atom stereocenters. The summed E-state index contributed by atoms with van der Waals surface area (Å²) in [5, 5.41) is 8.80. The van der Waals surface area contributed by atoms with Crippen LogP contribution in [0.25, 0.3) is 0 Å². The van der Waals surface area contributed by atoms with Crippen molar-refractivity contribution in [2.45, 2.75) is 32.2 Å². The number of nitrogens with two attached hydrogens (primary N) is 1. The number of aliphatic hydroxyl groups is 1. The molecule has 0 spiro atoms. The molecule has 3 nitrogen and oxygen atoms in total. The minimum Gasteiger partial charge on any atom is -0.396 e. The number of fused-ring (bicyclic) bond motifs is 1. The summed E-state index contributed by atoms with van der Waals surface area (Å²) in [6.45, 7) is 4.47. The second kappa shape index (κ2) is 5.52. The molecule has 2 rings (SSSR count). The van der Waals surface area contributed by atoms with Gasteiger partial charge in [0.25, 0.3) is 0 Å². The first kappa shape index (κ1) is 12.4. The maximum atomic E-state index is 8.80. The van der Waals surface area contributed by atoms with Crippen LogP contribution in [0.3, 0.4) is 0 Å². The predicted octanol–water partition coefficient (Wildman–Crippen LogP) is 1.84. The Kier molecular flexibility index (Phi) is 4.02. The zero-order valence-corrected chi connectivity index (χ0v) is 10.5. The van der Waals surface area contributed by atoms with Gasteiger partial charge in [0.15, 0.2) is 0 Å². The van der Waals surface area contributed by atoms with Gasteiger partial charge in [-0.15, -0.1) is 0 Å². The highest BCUT2D eigenvalue weighted by Gasteiger charge is 2.18. The van der Waals surface area contributed by atoms with Gasteiger partial charge in [0, 0.05) is 31.4 Å². The fourth-order valence-electron chi connectivity index (χ4n) is 2.42. The number of nitrogens with zero attached hydrogens (tertiary/aromatic N) is 1. The Morgan fingerprint density at radius 2 is 2.24 bits per heavy atom. The van der Waals surface area contributed by atoms with E-state index in [1.807, 2.05) is 6.92 Å². The number of anilines is 1. The van der Waals surface area contributed by atoms with Crippen molar-refractivity contribution < 1.29 is 5.11 Å². The van der Waals surface area contributed by atoms with E-state index < -0.39 is 0 Å². The quantitative estimate of drug-likeness (QED) is 0.764. The van der Waals surface area contributed by atoms with Gasteiger partial charge in [-0.3, -0.25) is 0 Å². The third kappa shape index (κ3) is 2.79. The van der Waals surface area contributed by atoms with E-state index in [4.69, 9.17) is 10.8 Å². The zero-order valence-electron chi connectivity index (χ0n) is 10.5. The number of aliphatic hydroxyl groups excluding tert-OH is 1.